The molecule has 3 aliphatic heterocycles. The highest BCUT2D eigenvalue weighted by atomic mass is 35.6. The second-order valence-electron chi connectivity index (χ2n) is 17.8. The highest BCUT2D eigenvalue weighted by Gasteiger charge is 2.57. The van der Waals surface area contributed by atoms with Gasteiger partial charge in [-0.25, -0.2) is 4.79 Å². The molecule has 3 aromatic carbocycles. The van der Waals surface area contributed by atoms with Gasteiger partial charge in [0.15, 0.2) is 33.3 Å². The molecule has 0 aliphatic carbocycles. The minimum atomic E-state index is -2.81. The molecular weight excluding hydrogens is 935 g/mol. The molecule has 1 amide bonds. The fraction of sp³-hybridized carbons (Fsp3) is 0.565. The summed E-state index contributed by atoms with van der Waals surface area (Å²) in [6.45, 7) is 13.3. The summed E-state index contributed by atoms with van der Waals surface area (Å²) in [5, 5.41) is 6.64. The van der Waals surface area contributed by atoms with Crippen molar-refractivity contribution in [3.63, 3.8) is 0 Å². The number of nitrogens with zero attached hydrogens (tertiary/aromatic N) is 3. The first-order valence-electron chi connectivity index (χ1n) is 21.8. The van der Waals surface area contributed by atoms with Crippen molar-refractivity contribution in [3.05, 3.63) is 118 Å². The summed E-state index contributed by atoms with van der Waals surface area (Å²) in [6.07, 6.45) is -10.8. The van der Waals surface area contributed by atoms with E-state index in [0.717, 1.165) is 16.7 Å². The number of fused-ring (bicyclic) bond motifs is 1. The minimum absolute atomic E-state index is 0.0386. The molecule has 66 heavy (non-hydrogen) atoms. The highest BCUT2D eigenvalue weighted by molar-refractivity contribution is 6.74. The first-order valence-corrected chi connectivity index (χ1v) is 25.9. The van der Waals surface area contributed by atoms with Gasteiger partial charge in [0.1, 0.15) is 49.2 Å². The molecule has 11 atom stereocenters. The van der Waals surface area contributed by atoms with E-state index in [2.05, 4.69) is 43.0 Å². The predicted molar refractivity (Wildman–Crippen MR) is 248 cm³/mol. The third-order valence-electron chi connectivity index (χ3n) is 12.5. The van der Waals surface area contributed by atoms with Crippen molar-refractivity contribution >= 4 is 55.2 Å². The standard InChI is InChI=1S/C46H59Cl3N4O12Si/c1-28(2)45(4,5)66(6,7)65-43-35(51-44(55)59-27-46(47,48)49)40(60-29(3)54)38(33(62-43)25-56-23-30-17-11-8-12-18-30)64-42-36(52-53-50)39(57-24-31-19-13-9-14-20-31)37-34(61-42)26-58-41(63-37)32-21-15-10-16-22-32/h8-22,28,33-43H,23-27H2,1-7H3,(H,51,55)/t33-,34-,35-,36+,37-,38-,39-,40-,41-,42+,43+/m1/s1. The quantitative estimate of drug-likeness (QED) is 0.0318. The van der Waals surface area contributed by atoms with Gasteiger partial charge < -0.3 is 52.4 Å². The number of halogens is 3. The molecule has 3 aromatic rings. The number of nitrogens with one attached hydrogen (secondary N) is 1. The number of amides is 1. The van der Waals surface area contributed by atoms with Crippen molar-refractivity contribution in [1.82, 2.24) is 5.32 Å². The molecule has 0 bridgehead atoms. The van der Waals surface area contributed by atoms with E-state index in [4.69, 9.17) is 81.9 Å². The number of ether oxygens (including phenoxy) is 9. The van der Waals surface area contributed by atoms with Crippen LogP contribution in [0, 0.1) is 5.92 Å². The van der Waals surface area contributed by atoms with Crippen molar-refractivity contribution < 1.29 is 56.6 Å². The van der Waals surface area contributed by atoms with E-state index in [9.17, 15) is 15.1 Å². The molecule has 3 saturated heterocycles. The SMILES string of the molecule is CC(=O)O[C@@H]1[C@@H](NC(=O)OCC(Cl)(Cl)Cl)[C@H](O[Si](C)(C)C(C)(C)C(C)C)O[C@H](COCc2ccccc2)[C@H]1O[C@@H]1O[C@@H]2CO[C@@H](c3ccccc3)O[C@H]2[C@H](OCc2ccccc2)[C@@H]1N=[N+]=[N-]. The van der Waals surface area contributed by atoms with Crippen LogP contribution in [0.3, 0.4) is 0 Å². The molecular formula is C46H59Cl3N4O12Si. The van der Waals surface area contributed by atoms with Crippen LogP contribution in [-0.2, 0) is 65.1 Å². The molecule has 3 aliphatic rings. The van der Waals surface area contributed by atoms with Crippen molar-refractivity contribution in [2.24, 2.45) is 11.0 Å². The first-order chi connectivity index (χ1) is 31.4. The Balaban J connectivity index is 1.40. The largest absolute Gasteiger partial charge is 0.457 e. The molecule has 0 radical (unpaired) electrons. The van der Waals surface area contributed by atoms with Crippen LogP contribution in [0.2, 0.25) is 18.1 Å². The number of esters is 1. The monoisotopic (exact) mass is 992 g/mol. The van der Waals surface area contributed by atoms with E-state index in [-0.39, 0.29) is 37.4 Å². The lowest BCUT2D eigenvalue weighted by atomic mass is 9.94. The molecule has 16 nitrogen and oxygen atoms in total. The van der Waals surface area contributed by atoms with Gasteiger partial charge in [-0.3, -0.25) is 4.79 Å². The lowest BCUT2D eigenvalue weighted by Gasteiger charge is -2.52. The molecule has 0 aromatic heterocycles. The van der Waals surface area contributed by atoms with E-state index < -0.39 is 98.4 Å². The average Bonchev–Trinajstić information content (AvgIpc) is 3.28. The second-order valence-corrected chi connectivity index (χ2v) is 24.8. The van der Waals surface area contributed by atoms with Crippen LogP contribution in [0.5, 0.6) is 0 Å². The number of benzene rings is 3. The lowest BCUT2D eigenvalue weighted by Crippen LogP contribution is -2.70. The maximum Gasteiger partial charge on any atom is 0.407 e. The topological polar surface area (TPSA) is 187 Å². The normalized spacial score (nSPS) is 28.1. The number of hydrogen-bond donors (Lipinski definition) is 1. The number of azide groups is 1. The van der Waals surface area contributed by atoms with Crippen LogP contribution in [0.25, 0.3) is 10.4 Å². The van der Waals surface area contributed by atoms with E-state index in [1.165, 1.54) is 6.92 Å². The van der Waals surface area contributed by atoms with Crippen molar-refractivity contribution in [1.29, 1.82) is 0 Å². The number of carbonyl (C=O) groups is 2. The summed E-state index contributed by atoms with van der Waals surface area (Å²) in [6, 6.07) is 25.9. The fourth-order valence-corrected chi connectivity index (χ4v) is 10.5. The van der Waals surface area contributed by atoms with Gasteiger partial charge in [-0.05, 0) is 40.7 Å². The summed E-state index contributed by atoms with van der Waals surface area (Å²) >= 11 is 17.9. The van der Waals surface area contributed by atoms with E-state index in [0.29, 0.717) is 0 Å². The predicted octanol–water partition coefficient (Wildman–Crippen LogP) is 9.47. The summed E-state index contributed by atoms with van der Waals surface area (Å²) in [5.41, 5.74) is 12.6. The van der Waals surface area contributed by atoms with Crippen LogP contribution in [0.15, 0.2) is 96.1 Å². The molecule has 6 rings (SSSR count). The van der Waals surface area contributed by atoms with E-state index in [1.54, 1.807) is 0 Å². The summed E-state index contributed by atoms with van der Waals surface area (Å²) in [4.78, 5) is 30.1. The molecule has 1 N–H and O–H groups in total. The average molecular weight is 994 g/mol. The lowest BCUT2D eigenvalue weighted by molar-refractivity contribution is -0.366. The van der Waals surface area contributed by atoms with E-state index >= 15 is 0 Å². The summed E-state index contributed by atoms with van der Waals surface area (Å²) < 4.78 is 62.6. The Labute approximate surface area is 401 Å². The zero-order valence-corrected chi connectivity index (χ0v) is 41.3. The van der Waals surface area contributed by atoms with Gasteiger partial charge in [0.25, 0.3) is 0 Å². The van der Waals surface area contributed by atoms with Gasteiger partial charge in [-0.2, -0.15) is 0 Å². The number of carbonyl (C=O) groups excluding carboxylic acids is 2. The van der Waals surface area contributed by atoms with Crippen LogP contribution in [-0.4, -0.2) is 105 Å². The number of alkyl carbamates (subject to hydrolysis) is 1. The van der Waals surface area contributed by atoms with Gasteiger partial charge >= 0.3 is 12.1 Å². The minimum Gasteiger partial charge on any atom is -0.457 e. The number of hydrogen-bond acceptors (Lipinski definition) is 13. The molecule has 3 fully saturated rings. The molecule has 3 heterocycles. The van der Waals surface area contributed by atoms with Gasteiger partial charge in [0.05, 0.1) is 26.4 Å². The zero-order chi connectivity index (χ0) is 47.6. The molecule has 20 heteroatoms. The Bertz CT molecular complexity index is 2070. The Kier molecular flexibility index (Phi) is 18.2. The van der Waals surface area contributed by atoms with Crippen LogP contribution >= 0.6 is 34.8 Å². The van der Waals surface area contributed by atoms with Gasteiger partial charge in [-0.1, -0.05) is 159 Å². The van der Waals surface area contributed by atoms with Gasteiger partial charge in [-0.15, -0.1) is 0 Å². The number of rotatable bonds is 18. The van der Waals surface area contributed by atoms with Crippen LogP contribution in [0.1, 0.15) is 57.6 Å². The van der Waals surface area contributed by atoms with Crippen molar-refractivity contribution in [2.45, 2.75) is 137 Å². The zero-order valence-electron chi connectivity index (χ0n) is 38.0. The fourth-order valence-electron chi connectivity index (χ4n) is 7.86. The molecule has 360 valence electrons. The summed E-state index contributed by atoms with van der Waals surface area (Å²) in [5.74, 6) is -0.550. The molecule has 0 spiro atoms. The Morgan fingerprint density at radius 1 is 0.879 bits per heavy atom. The maximum atomic E-state index is 13.6. The third kappa shape index (κ3) is 13.6. The molecule has 0 saturated carbocycles. The van der Waals surface area contributed by atoms with Crippen LogP contribution < -0.4 is 5.32 Å². The first kappa shape index (κ1) is 51.9. The Morgan fingerprint density at radius 2 is 1.50 bits per heavy atom. The Morgan fingerprint density at radius 3 is 2.09 bits per heavy atom. The summed E-state index contributed by atoms with van der Waals surface area (Å²) in [7, 11) is -2.81. The molecule has 0 unspecified atom stereocenters. The second kappa shape index (κ2) is 23.2. The third-order valence-corrected chi connectivity index (χ3v) is 17.4. The van der Waals surface area contributed by atoms with Crippen molar-refractivity contribution in [2.75, 3.05) is 19.8 Å². The van der Waals surface area contributed by atoms with Gasteiger partial charge in [0, 0.05) is 17.4 Å². The smallest absolute Gasteiger partial charge is 0.407 e. The number of alkyl halides is 3. The Hall–Kier alpha value is -3.52. The highest BCUT2D eigenvalue weighted by Crippen LogP contribution is 2.47. The van der Waals surface area contributed by atoms with E-state index in [1.807, 2.05) is 104 Å². The van der Waals surface area contributed by atoms with Crippen molar-refractivity contribution in [3.8, 4) is 0 Å². The van der Waals surface area contributed by atoms with Crippen LogP contribution in [0.4, 0.5) is 4.79 Å². The maximum absolute atomic E-state index is 13.6. The van der Waals surface area contributed by atoms with Gasteiger partial charge in [0.2, 0.25) is 3.79 Å².